The molecular weight excluding hydrogens is 829 g/mol. The number of benzene rings is 11. The second kappa shape index (κ2) is 15.2. The smallest absolute Gasteiger partial charge is 0.164 e. The highest BCUT2D eigenvalue weighted by Gasteiger charge is 2.24. The van der Waals surface area contributed by atoms with Gasteiger partial charge in [-0.05, 0) is 109 Å². The van der Waals surface area contributed by atoms with Crippen LogP contribution in [0, 0.1) is 0 Å². The maximum atomic E-state index is 7.02. The van der Waals surface area contributed by atoms with E-state index in [1.54, 1.807) is 0 Å². The van der Waals surface area contributed by atoms with Crippen LogP contribution in [0.1, 0.15) is 0 Å². The fourth-order valence-corrected chi connectivity index (χ4v) is 10.4. The molecule has 0 saturated carbocycles. The van der Waals surface area contributed by atoms with E-state index >= 15 is 0 Å². The molecule has 0 aliphatic rings. The Bertz CT molecular complexity index is 4320. The lowest BCUT2D eigenvalue weighted by Gasteiger charge is -2.14. The van der Waals surface area contributed by atoms with E-state index in [1.807, 2.05) is 30.3 Å². The van der Waals surface area contributed by atoms with Crippen LogP contribution in [-0.2, 0) is 0 Å². The van der Waals surface area contributed by atoms with Gasteiger partial charge in [0.05, 0.1) is 16.7 Å². The Hall–Kier alpha value is -9.19. The Labute approximate surface area is 390 Å². The number of nitrogens with zero attached hydrogens (tertiary/aromatic N) is 4. The number of hydrogen-bond acceptors (Lipinski definition) is 4. The van der Waals surface area contributed by atoms with Crippen LogP contribution >= 0.6 is 0 Å². The first-order chi connectivity index (χ1) is 33.7. The van der Waals surface area contributed by atoms with E-state index in [2.05, 4.69) is 205 Å². The van der Waals surface area contributed by atoms with Crippen LogP contribution in [0.3, 0.4) is 0 Å². The summed E-state index contributed by atoms with van der Waals surface area (Å²) in [5.41, 5.74) is 12.2. The van der Waals surface area contributed by atoms with E-state index in [0.717, 1.165) is 76.9 Å². The molecule has 3 heterocycles. The third-order valence-corrected chi connectivity index (χ3v) is 13.6. The van der Waals surface area contributed by atoms with Crippen molar-refractivity contribution < 1.29 is 4.42 Å². The van der Waals surface area contributed by atoms with Crippen LogP contribution in [0.4, 0.5) is 0 Å². The fraction of sp³-hybridized carbons (Fsp3) is 0. The van der Waals surface area contributed by atoms with Gasteiger partial charge in [0, 0.05) is 38.2 Å². The number of furan rings is 1. The SMILES string of the molecule is c1ccc(-c2cccc(-c3ccc4cc5c6ccccc6n(-c6ccc(-c7nc(-c8ccccc8)nc(-c8cc9ccccc9c9ccccc89)n7)c7c6oc6ccccc67)c5cc4c3)c2)cc1. The number of para-hydroxylation sites is 2. The monoisotopic (exact) mass is 866 g/mol. The molecule has 0 fully saturated rings. The molecule has 0 saturated heterocycles. The zero-order valence-electron chi connectivity index (χ0n) is 36.6. The molecule has 0 unspecified atom stereocenters. The van der Waals surface area contributed by atoms with Crippen LogP contribution in [0.2, 0.25) is 0 Å². The number of aromatic nitrogens is 4. The van der Waals surface area contributed by atoms with Gasteiger partial charge in [0.2, 0.25) is 0 Å². The van der Waals surface area contributed by atoms with Crippen molar-refractivity contribution in [2.45, 2.75) is 0 Å². The lowest BCUT2D eigenvalue weighted by atomic mass is 9.96. The van der Waals surface area contributed by atoms with Gasteiger partial charge in [-0.15, -0.1) is 0 Å². The Kier molecular flexibility index (Phi) is 8.52. The van der Waals surface area contributed by atoms with Gasteiger partial charge < -0.3 is 8.98 Å². The van der Waals surface area contributed by atoms with Crippen molar-refractivity contribution in [3.8, 4) is 62.1 Å². The molecule has 0 bridgehead atoms. The van der Waals surface area contributed by atoms with Gasteiger partial charge in [-0.3, -0.25) is 0 Å². The minimum absolute atomic E-state index is 0.575. The molecule has 0 N–H and O–H groups in total. The third kappa shape index (κ3) is 6.06. The summed E-state index contributed by atoms with van der Waals surface area (Å²) in [6.45, 7) is 0. The summed E-state index contributed by atoms with van der Waals surface area (Å²) in [5, 5.41) is 11.2. The van der Waals surface area contributed by atoms with Crippen molar-refractivity contribution in [3.05, 3.63) is 231 Å². The van der Waals surface area contributed by atoms with Crippen LogP contribution in [0.5, 0.6) is 0 Å². The second-order valence-corrected chi connectivity index (χ2v) is 17.5. The highest BCUT2D eigenvalue weighted by atomic mass is 16.3. The van der Waals surface area contributed by atoms with E-state index < -0.39 is 0 Å². The minimum atomic E-state index is 0.575. The predicted octanol–water partition coefficient (Wildman–Crippen LogP) is 16.7. The van der Waals surface area contributed by atoms with Crippen molar-refractivity contribution in [2.75, 3.05) is 0 Å². The van der Waals surface area contributed by atoms with Gasteiger partial charge in [-0.1, -0.05) is 176 Å². The molecule has 0 radical (unpaired) electrons. The Morgan fingerprint density at radius 3 is 1.75 bits per heavy atom. The lowest BCUT2D eigenvalue weighted by molar-refractivity contribution is 0.666. The third-order valence-electron chi connectivity index (χ3n) is 13.6. The van der Waals surface area contributed by atoms with Crippen LogP contribution in [0.15, 0.2) is 235 Å². The van der Waals surface area contributed by atoms with Gasteiger partial charge in [0.25, 0.3) is 0 Å². The Morgan fingerprint density at radius 1 is 0.309 bits per heavy atom. The van der Waals surface area contributed by atoms with Crippen molar-refractivity contribution in [3.63, 3.8) is 0 Å². The van der Waals surface area contributed by atoms with Crippen LogP contribution in [-0.4, -0.2) is 19.5 Å². The van der Waals surface area contributed by atoms with E-state index in [-0.39, 0.29) is 0 Å². The quantitative estimate of drug-likeness (QED) is 0.156. The molecule has 0 atom stereocenters. The summed E-state index contributed by atoms with van der Waals surface area (Å²) in [6.07, 6.45) is 0. The zero-order chi connectivity index (χ0) is 44.7. The van der Waals surface area contributed by atoms with Crippen molar-refractivity contribution in [1.29, 1.82) is 0 Å². The number of rotatable bonds is 6. The summed E-state index contributed by atoms with van der Waals surface area (Å²) < 4.78 is 9.39. The number of hydrogen-bond donors (Lipinski definition) is 0. The average molecular weight is 867 g/mol. The van der Waals surface area contributed by atoms with Crippen molar-refractivity contribution >= 4 is 76.1 Å². The molecule has 11 aromatic carbocycles. The predicted molar refractivity (Wildman–Crippen MR) is 281 cm³/mol. The van der Waals surface area contributed by atoms with Gasteiger partial charge in [-0.2, -0.15) is 0 Å². The summed E-state index contributed by atoms with van der Waals surface area (Å²) >= 11 is 0. The molecule has 68 heavy (non-hydrogen) atoms. The second-order valence-electron chi connectivity index (χ2n) is 17.5. The van der Waals surface area contributed by atoms with Crippen LogP contribution in [0.25, 0.3) is 138 Å². The Morgan fingerprint density at radius 2 is 0.926 bits per heavy atom. The Balaban J connectivity index is 1.00. The zero-order valence-corrected chi connectivity index (χ0v) is 36.6. The first-order valence-corrected chi connectivity index (χ1v) is 23.0. The topological polar surface area (TPSA) is 56.7 Å². The van der Waals surface area contributed by atoms with Crippen molar-refractivity contribution in [1.82, 2.24) is 19.5 Å². The van der Waals surface area contributed by atoms with E-state index in [9.17, 15) is 0 Å². The molecule has 14 aromatic rings. The lowest BCUT2D eigenvalue weighted by Crippen LogP contribution is -2.02. The largest absolute Gasteiger partial charge is 0.454 e. The fourth-order valence-electron chi connectivity index (χ4n) is 10.4. The summed E-state index contributed by atoms with van der Waals surface area (Å²) in [6, 6.07) is 81.7. The average Bonchev–Trinajstić information content (AvgIpc) is 3.96. The van der Waals surface area contributed by atoms with Gasteiger partial charge in [0.15, 0.2) is 23.1 Å². The standard InChI is InChI=1S/C63H38N4O/c1-3-16-39(17-4-1)41-21-15-22-42(34-41)43-30-31-44-36-53-50-26-11-13-28-55(50)67(57(53)38-46(44)35-43)56-33-32-52(59-51-27-12-14-29-58(51)68-60(56)59)62-64-61(40-18-5-2-6-19-40)65-63(66-62)54-37-45-20-7-8-23-47(45)48-24-9-10-25-49(48)54/h1-38H. The molecule has 0 aliphatic carbocycles. The molecule has 14 rings (SSSR count). The minimum Gasteiger partial charge on any atom is -0.454 e. The highest BCUT2D eigenvalue weighted by Crippen LogP contribution is 2.44. The van der Waals surface area contributed by atoms with E-state index in [0.29, 0.717) is 17.5 Å². The first kappa shape index (κ1) is 38.1. The van der Waals surface area contributed by atoms with Crippen LogP contribution < -0.4 is 0 Å². The normalized spacial score (nSPS) is 11.8. The van der Waals surface area contributed by atoms with Gasteiger partial charge >= 0.3 is 0 Å². The molecule has 316 valence electrons. The summed E-state index contributed by atoms with van der Waals surface area (Å²) in [5.74, 6) is 1.79. The molecule has 0 amide bonds. The maximum absolute atomic E-state index is 7.02. The van der Waals surface area contributed by atoms with Crippen molar-refractivity contribution in [2.24, 2.45) is 0 Å². The molecular formula is C63H38N4O. The number of fused-ring (bicyclic) bond motifs is 10. The van der Waals surface area contributed by atoms with Gasteiger partial charge in [0.1, 0.15) is 5.58 Å². The summed E-state index contributed by atoms with van der Waals surface area (Å²) in [4.78, 5) is 15.9. The first-order valence-electron chi connectivity index (χ1n) is 23.0. The highest BCUT2D eigenvalue weighted by molar-refractivity contribution is 6.18. The molecule has 0 spiro atoms. The maximum Gasteiger partial charge on any atom is 0.164 e. The molecule has 3 aromatic heterocycles. The van der Waals surface area contributed by atoms with E-state index in [1.165, 1.54) is 43.8 Å². The van der Waals surface area contributed by atoms with E-state index in [4.69, 9.17) is 19.4 Å². The molecule has 5 nitrogen and oxygen atoms in total. The van der Waals surface area contributed by atoms with Gasteiger partial charge in [-0.25, -0.2) is 15.0 Å². The molecule has 0 aliphatic heterocycles. The summed E-state index contributed by atoms with van der Waals surface area (Å²) in [7, 11) is 0. The molecule has 5 heteroatoms.